The van der Waals surface area contributed by atoms with Crippen LogP contribution in [0.2, 0.25) is 0 Å². The van der Waals surface area contributed by atoms with Gasteiger partial charge in [-0.2, -0.15) is 0 Å². The number of hydrogen-bond donors (Lipinski definition) is 3. The number of benzene rings is 1. The number of aliphatic hydroxyl groups excluding tert-OH is 1. The van der Waals surface area contributed by atoms with Crippen LogP contribution >= 0.6 is 15.9 Å². The molecule has 0 aliphatic rings. The summed E-state index contributed by atoms with van der Waals surface area (Å²) in [6.45, 7) is 5.10. The molecule has 0 aliphatic heterocycles. The Hall–Kier alpha value is -0.580. The summed E-state index contributed by atoms with van der Waals surface area (Å²) in [6, 6.07) is 3.84. The fourth-order valence-electron chi connectivity index (χ4n) is 1.48. The van der Waals surface area contributed by atoms with Gasteiger partial charge in [0.1, 0.15) is 5.75 Å². The lowest BCUT2D eigenvalue weighted by molar-refractivity contribution is 0.183. The van der Waals surface area contributed by atoms with Crippen LogP contribution in [0.15, 0.2) is 16.6 Å². The van der Waals surface area contributed by atoms with Gasteiger partial charge in [-0.25, -0.2) is 0 Å². The summed E-state index contributed by atoms with van der Waals surface area (Å²) in [5.41, 5.74) is 1.98. The van der Waals surface area contributed by atoms with Crippen molar-refractivity contribution in [3.63, 3.8) is 0 Å². The molecule has 16 heavy (non-hydrogen) atoms. The molecule has 1 aromatic carbocycles. The van der Waals surface area contributed by atoms with E-state index in [9.17, 15) is 5.11 Å². The van der Waals surface area contributed by atoms with E-state index in [1.54, 1.807) is 6.92 Å². The maximum Gasteiger partial charge on any atom is 0.134 e. The van der Waals surface area contributed by atoms with Crippen molar-refractivity contribution in [1.82, 2.24) is 5.32 Å². The Morgan fingerprint density at radius 3 is 2.75 bits per heavy atom. The summed E-state index contributed by atoms with van der Waals surface area (Å²) in [7, 11) is 0. The first-order valence-electron chi connectivity index (χ1n) is 5.37. The quantitative estimate of drug-likeness (QED) is 0.729. The molecule has 0 radical (unpaired) electrons. The largest absolute Gasteiger partial charge is 0.506 e. The molecule has 1 aromatic rings. The van der Waals surface area contributed by atoms with Crippen LogP contribution in [0.4, 0.5) is 0 Å². The summed E-state index contributed by atoms with van der Waals surface area (Å²) in [5.74, 6) is 0.287. The third-order valence-corrected chi connectivity index (χ3v) is 2.95. The highest BCUT2D eigenvalue weighted by Gasteiger charge is 2.06. The Kier molecular flexibility index (Phi) is 5.25. The zero-order valence-corrected chi connectivity index (χ0v) is 11.2. The molecule has 1 unspecified atom stereocenters. The number of aromatic hydroxyl groups is 1. The van der Waals surface area contributed by atoms with Crippen molar-refractivity contribution >= 4 is 15.9 Å². The van der Waals surface area contributed by atoms with Gasteiger partial charge in [0.05, 0.1) is 10.6 Å². The molecule has 1 atom stereocenters. The Morgan fingerprint density at radius 1 is 1.44 bits per heavy atom. The van der Waals surface area contributed by atoms with E-state index in [0.29, 0.717) is 13.0 Å². The van der Waals surface area contributed by atoms with Gasteiger partial charge in [0, 0.05) is 12.1 Å². The third-order valence-electron chi connectivity index (χ3n) is 2.34. The molecular weight excluding hydrogens is 270 g/mol. The maximum absolute atomic E-state index is 9.79. The molecule has 0 heterocycles. The van der Waals surface area contributed by atoms with Crippen molar-refractivity contribution in [2.24, 2.45) is 0 Å². The third kappa shape index (κ3) is 4.12. The molecule has 1 rings (SSSR count). The minimum absolute atomic E-state index is 0.287. The molecule has 4 heteroatoms. The fourth-order valence-corrected chi connectivity index (χ4v) is 2.09. The van der Waals surface area contributed by atoms with Crippen molar-refractivity contribution < 1.29 is 10.2 Å². The second kappa shape index (κ2) is 6.23. The molecule has 0 spiro atoms. The number of phenolic OH excluding ortho intramolecular Hbond substituents is 1. The van der Waals surface area contributed by atoms with Crippen LogP contribution in [0.5, 0.6) is 5.75 Å². The van der Waals surface area contributed by atoms with Crippen LogP contribution in [-0.4, -0.2) is 22.9 Å². The van der Waals surface area contributed by atoms with Crippen molar-refractivity contribution in [2.75, 3.05) is 6.54 Å². The molecule has 0 aliphatic carbocycles. The summed E-state index contributed by atoms with van der Waals surface area (Å²) < 4.78 is 0.722. The summed E-state index contributed by atoms with van der Waals surface area (Å²) in [6.07, 6.45) is 0.429. The zero-order valence-electron chi connectivity index (χ0n) is 9.63. The Balaban J connectivity index is 2.53. The van der Waals surface area contributed by atoms with Crippen molar-refractivity contribution in [1.29, 1.82) is 0 Å². The summed E-state index contributed by atoms with van der Waals surface area (Å²) in [5, 5.41) is 22.1. The van der Waals surface area contributed by atoms with E-state index in [1.807, 2.05) is 19.1 Å². The summed E-state index contributed by atoms with van der Waals surface area (Å²) in [4.78, 5) is 0. The van der Waals surface area contributed by atoms with Gasteiger partial charge < -0.3 is 15.5 Å². The van der Waals surface area contributed by atoms with Gasteiger partial charge in [0.25, 0.3) is 0 Å². The molecule has 0 saturated carbocycles. The van der Waals surface area contributed by atoms with Crippen molar-refractivity contribution in [3.05, 3.63) is 27.7 Å². The highest BCUT2D eigenvalue weighted by molar-refractivity contribution is 9.10. The van der Waals surface area contributed by atoms with E-state index in [2.05, 4.69) is 21.2 Å². The average Bonchev–Trinajstić information content (AvgIpc) is 2.19. The average molecular weight is 288 g/mol. The van der Waals surface area contributed by atoms with Gasteiger partial charge in [0.2, 0.25) is 0 Å². The Labute approximate surface area is 105 Å². The van der Waals surface area contributed by atoms with Gasteiger partial charge in [-0.1, -0.05) is 6.07 Å². The van der Waals surface area contributed by atoms with Crippen LogP contribution in [-0.2, 0) is 6.54 Å². The number of hydrogen-bond acceptors (Lipinski definition) is 3. The molecule has 3 N–H and O–H groups in total. The second-order valence-electron chi connectivity index (χ2n) is 4.07. The lowest BCUT2D eigenvalue weighted by atomic mass is 10.1. The van der Waals surface area contributed by atoms with Crippen LogP contribution in [0.3, 0.4) is 0 Å². The van der Waals surface area contributed by atoms with Crippen LogP contribution in [0.25, 0.3) is 0 Å². The van der Waals surface area contributed by atoms with E-state index < -0.39 is 0 Å². The first-order chi connectivity index (χ1) is 7.50. The Bertz CT molecular complexity index is 353. The Morgan fingerprint density at radius 2 is 2.12 bits per heavy atom. The normalized spacial score (nSPS) is 12.8. The van der Waals surface area contributed by atoms with Gasteiger partial charge in [-0.05, 0) is 54.4 Å². The predicted octanol–water partition coefficient (Wildman–Crippen LogP) is 2.32. The highest BCUT2D eigenvalue weighted by atomic mass is 79.9. The van der Waals surface area contributed by atoms with Gasteiger partial charge >= 0.3 is 0 Å². The first-order valence-corrected chi connectivity index (χ1v) is 6.16. The van der Waals surface area contributed by atoms with Crippen molar-refractivity contribution in [2.45, 2.75) is 32.9 Å². The predicted molar refractivity (Wildman–Crippen MR) is 68.5 cm³/mol. The van der Waals surface area contributed by atoms with E-state index in [-0.39, 0.29) is 11.9 Å². The molecule has 90 valence electrons. The fraction of sp³-hybridized carbons (Fsp3) is 0.500. The molecule has 0 fully saturated rings. The lowest BCUT2D eigenvalue weighted by Crippen LogP contribution is -2.18. The van der Waals surface area contributed by atoms with Crippen LogP contribution < -0.4 is 5.32 Å². The van der Waals surface area contributed by atoms with Gasteiger partial charge in [-0.3, -0.25) is 0 Å². The van der Waals surface area contributed by atoms with E-state index >= 15 is 0 Å². The number of phenols is 1. The highest BCUT2D eigenvalue weighted by Crippen LogP contribution is 2.29. The second-order valence-corrected chi connectivity index (χ2v) is 4.92. The van der Waals surface area contributed by atoms with E-state index in [0.717, 1.165) is 22.1 Å². The van der Waals surface area contributed by atoms with Crippen LogP contribution in [0, 0.1) is 6.92 Å². The standard InChI is InChI=1S/C12H18BrNO2/c1-8-5-10(12(16)11(13)6-8)7-14-4-3-9(2)15/h5-6,9,14-16H,3-4,7H2,1-2H3. The number of aryl methyl sites for hydroxylation is 1. The zero-order chi connectivity index (χ0) is 12.1. The summed E-state index contributed by atoms with van der Waals surface area (Å²) >= 11 is 3.31. The number of aliphatic hydroxyl groups is 1. The smallest absolute Gasteiger partial charge is 0.134 e. The number of nitrogens with one attached hydrogen (secondary N) is 1. The molecule has 0 saturated heterocycles. The van der Waals surface area contributed by atoms with Crippen molar-refractivity contribution in [3.8, 4) is 5.75 Å². The number of halogens is 1. The first kappa shape index (κ1) is 13.5. The van der Waals surface area contributed by atoms with Crippen LogP contribution in [0.1, 0.15) is 24.5 Å². The molecule has 0 aromatic heterocycles. The minimum Gasteiger partial charge on any atom is -0.506 e. The number of rotatable bonds is 5. The topological polar surface area (TPSA) is 52.5 Å². The maximum atomic E-state index is 9.79. The van der Waals surface area contributed by atoms with E-state index in [4.69, 9.17) is 5.11 Å². The molecular formula is C12H18BrNO2. The molecule has 0 amide bonds. The molecule has 0 bridgehead atoms. The van der Waals surface area contributed by atoms with Gasteiger partial charge in [-0.15, -0.1) is 0 Å². The lowest BCUT2D eigenvalue weighted by Gasteiger charge is -2.10. The minimum atomic E-state index is -0.287. The van der Waals surface area contributed by atoms with E-state index in [1.165, 1.54) is 0 Å². The molecule has 3 nitrogen and oxygen atoms in total. The SMILES string of the molecule is Cc1cc(Br)c(O)c(CNCCC(C)O)c1. The van der Waals surface area contributed by atoms with Gasteiger partial charge in [0.15, 0.2) is 0 Å². The monoisotopic (exact) mass is 287 g/mol.